The Morgan fingerprint density at radius 3 is 2.42 bits per heavy atom. The molecule has 0 fully saturated rings. The first-order valence-electron chi connectivity index (χ1n) is 11.9. The lowest BCUT2D eigenvalue weighted by Gasteiger charge is -2.08. The van der Waals surface area contributed by atoms with Crippen LogP contribution in [0.15, 0.2) is 82.6 Å². The van der Waals surface area contributed by atoms with Gasteiger partial charge < -0.3 is 10.2 Å². The van der Waals surface area contributed by atoms with Crippen LogP contribution < -0.4 is 5.56 Å². The van der Waals surface area contributed by atoms with Crippen molar-refractivity contribution in [1.82, 2.24) is 9.78 Å². The van der Waals surface area contributed by atoms with Crippen LogP contribution in [0.3, 0.4) is 0 Å². The number of aromatic amines is 1. The SMILES string of the molecule is Cc1[nH]n(CCCC(=O)O)c(=O)c1C=Nc1cccc(CCc2ccc(-c3ccccc3)cc2)c1O. The average molecular weight is 484 g/mol. The van der Waals surface area contributed by atoms with Crippen molar-refractivity contribution in [2.75, 3.05) is 0 Å². The summed E-state index contributed by atoms with van der Waals surface area (Å²) >= 11 is 0. The summed E-state index contributed by atoms with van der Waals surface area (Å²) in [5.74, 6) is -0.794. The number of hydrogen-bond donors (Lipinski definition) is 3. The lowest BCUT2D eigenvalue weighted by Crippen LogP contribution is -2.19. The van der Waals surface area contributed by atoms with E-state index < -0.39 is 5.97 Å². The van der Waals surface area contributed by atoms with Gasteiger partial charge in [-0.25, -0.2) is 0 Å². The molecule has 0 radical (unpaired) electrons. The van der Waals surface area contributed by atoms with Crippen molar-refractivity contribution in [1.29, 1.82) is 0 Å². The highest BCUT2D eigenvalue weighted by Gasteiger charge is 2.11. The fourth-order valence-electron chi connectivity index (χ4n) is 4.11. The number of phenols is 1. The molecule has 0 spiro atoms. The molecular weight excluding hydrogens is 454 g/mol. The van der Waals surface area contributed by atoms with Crippen LogP contribution >= 0.6 is 0 Å². The quantitative estimate of drug-likeness (QED) is 0.268. The molecule has 0 aliphatic rings. The van der Waals surface area contributed by atoms with Crippen LogP contribution in [-0.2, 0) is 24.2 Å². The fourth-order valence-corrected chi connectivity index (χ4v) is 4.11. The van der Waals surface area contributed by atoms with Gasteiger partial charge in [0.25, 0.3) is 5.56 Å². The largest absolute Gasteiger partial charge is 0.505 e. The maximum atomic E-state index is 12.6. The Bertz CT molecular complexity index is 1420. The summed E-state index contributed by atoms with van der Waals surface area (Å²) in [6.45, 7) is 2.04. The van der Waals surface area contributed by atoms with Crippen LogP contribution in [0.2, 0.25) is 0 Å². The van der Waals surface area contributed by atoms with E-state index in [0.29, 0.717) is 29.8 Å². The summed E-state index contributed by atoms with van der Waals surface area (Å²) < 4.78 is 1.39. The second-order valence-corrected chi connectivity index (χ2v) is 8.71. The van der Waals surface area contributed by atoms with Crippen LogP contribution in [0.1, 0.15) is 35.2 Å². The molecule has 7 nitrogen and oxygen atoms in total. The van der Waals surface area contributed by atoms with E-state index in [0.717, 1.165) is 12.0 Å². The average Bonchev–Trinajstić information content (AvgIpc) is 3.15. The van der Waals surface area contributed by atoms with Crippen molar-refractivity contribution in [3.63, 3.8) is 0 Å². The van der Waals surface area contributed by atoms with Crippen molar-refractivity contribution in [3.8, 4) is 16.9 Å². The first kappa shape index (κ1) is 24.7. The molecule has 0 amide bonds. The lowest BCUT2D eigenvalue weighted by atomic mass is 10.00. The van der Waals surface area contributed by atoms with Crippen molar-refractivity contribution >= 4 is 17.9 Å². The number of rotatable bonds is 10. The zero-order valence-corrected chi connectivity index (χ0v) is 20.1. The van der Waals surface area contributed by atoms with Crippen molar-refractivity contribution in [3.05, 3.63) is 106 Å². The third kappa shape index (κ3) is 5.99. The van der Waals surface area contributed by atoms with Gasteiger partial charge in [0.05, 0.1) is 5.56 Å². The minimum atomic E-state index is -0.896. The molecule has 7 heteroatoms. The zero-order chi connectivity index (χ0) is 25.5. The van der Waals surface area contributed by atoms with Gasteiger partial charge in [-0.2, -0.15) is 0 Å². The summed E-state index contributed by atoms with van der Waals surface area (Å²) in [5, 5.41) is 22.5. The van der Waals surface area contributed by atoms with Gasteiger partial charge in [0.15, 0.2) is 0 Å². The van der Waals surface area contributed by atoms with Gasteiger partial charge in [0.2, 0.25) is 0 Å². The minimum Gasteiger partial charge on any atom is -0.505 e. The lowest BCUT2D eigenvalue weighted by molar-refractivity contribution is -0.137. The number of aromatic hydroxyl groups is 1. The van der Waals surface area contributed by atoms with Crippen LogP contribution in [0.25, 0.3) is 11.1 Å². The molecule has 0 atom stereocenters. The standard InChI is InChI=1S/C29H29N3O4/c1-20-25(29(36)32(31-20)18-6-11-27(33)34)19-30-26-10-5-9-24(28(26)35)17-14-21-12-15-23(16-13-21)22-7-3-2-4-8-22/h2-5,7-10,12-13,15-16,19,31,35H,6,11,14,17-18H2,1H3,(H,33,34). The van der Waals surface area contributed by atoms with Gasteiger partial charge in [0, 0.05) is 24.9 Å². The first-order chi connectivity index (χ1) is 17.4. The normalized spacial score (nSPS) is 11.2. The van der Waals surface area contributed by atoms with Gasteiger partial charge in [-0.05, 0) is 54.5 Å². The Hall–Kier alpha value is -4.39. The van der Waals surface area contributed by atoms with E-state index >= 15 is 0 Å². The summed E-state index contributed by atoms with van der Waals surface area (Å²) in [4.78, 5) is 27.7. The number of carbonyl (C=O) groups is 1. The third-order valence-electron chi connectivity index (χ3n) is 6.13. The molecule has 0 unspecified atom stereocenters. The first-order valence-corrected chi connectivity index (χ1v) is 11.9. The minimum absolute atomic E-state index is 0.00817. The summed E-state index contributed by atoms with van der Waals surface area (Å²) in [6.07, 6.45) is 3.21. The molecule has 4 aromatic rings. The number of aromatic nitrogens is 2. The van der Waals surface area contributed by atoms with E-state index in [1.54, 1.807) is 13.0 Å². The molecule has 4 rings (SSSR count). The molecule has 0 saturated carbocycles. The van der Waals surface area contributed by atoms with Gasteiger partial charge in [0.1, 0.15) is 11.4 Å². The highest BCUT2D eigenvalue weighted by atomic mass is 16.4. The summed E-state index contributed by atoms with van der Waals surface area (Å²) in [7, 11) is 0. The Balaban J connectivity index is 1.43. The van der Waals surface area contributed by atoms with Gasteiger partial charge in [-0.15, -0.1) is 0 Å². The van der Waals surface area contributed by atoms with Crippen molar-refractivity contribution in [2.45, 2.75) is 39.2 Å². The monoisotopic (exact) mass is 483 g/mol. The zero-order valence-electron chi connectivity index (χ0n) is 20.1. The molecule has 3 aromatic carbocycles. The van der Waals surface area contributed by atoms with Crippen molar-refractivity contribution in [2.24, 2.45) is 4.99 Å². The molecule has 1 aromatic heterocycles. The third-order valence-corrected chi connectivity index (χ3v) is 6.13. The van der Waals surface area contributed by atoms with Gasteiger partial charge in [-0.1, -0.05) is 66.7 Å². The van der Waals surface area contributed by atoms with E-state index in [1.165, 1.54) is 27.6 Å². The molecule has 1 heterocycles. The Kier molecular flexibility index (Phi) is 7.80. The summed E-state index contributed by atoms with van der Waals surface area (Å²) in [6, 6.07) is 24.1. The summed E-state index contributed by atoms with van der Waals surface area (Å²) in [5.41, 5.74) is 5.45. The predicted molar refractivity (Wildman–Crippen MR) is 141 cm³/mol. The van der Waals surface area contributed by atoms with Crippen LogP contribution in [0.5, 0.6) is 5.75 Å². The fraction of sp³-hybridized carbons (Fsp3) is 0.207. The number of para-hydroxylation sites is 1. The smallest absolute Gasteiger partial charge is 0.303 e. The molecule has 0 bridgehead atoms. The number of phenolic OH excluding ortho intramolecular Hbond substituents is 1. The molecular formula is C29H29N3O4. The van der Waals surface area contributed by atoms with Crippen LogP contribution in [0, 0.1) is 6.92 Å². The van der Waals surface area contributed by atoms with E-state index in [-0.39, 0.29) is 24.3 Å². The highest BCUT2D eigenvalue weighted by Crippen LogP contribution is 2.31. The number of H-pyrrole nitrogens is 1. The Morgan fingerprint density at radius 2 is 1.69 bits per heavy atom. The molecule has 36 heavy (non-hydrogen) atoms. The molecule has 0 saturated heterocycles. The number of aliphatic carboxylic acids is 1. The van der Waals surface area contributed by atoms with E-state index in [2.05, 4.69) is 46.5 Å². The van der Waals surface area contributed by atoms with Gasteiger partial charge >= 0.3 is 5.97 Å². The predicted octanol–water partition coefficient (Wildman–Crippen LogP) is 5.26. The second-order valence-electron chi connectivity index (χ2n) is 8.71. The Morgan fingerprint density at radius 1 is 0.972 bits per heavy atom. The van der Waals surface area contributed by atoms with E-state index in [9.17, 15) is 14.7 Å². The number of carboxylic acid groups (broad SMARTS) is 1. The van der Waals surface area contributed by atoms with Crippen LogP contribution in [-0.4, -0.2) is 32.2 Å². The number of carboxylic acids is 1. The maximum absolute atomic E-state index is 12.6. The number of hydrogen-bond acceptors (Lipinski definition) is 4. The molecule has 184 valence electrons. The van der Waals surface area contributed by atoms with Crippen molar-refractivity contribution < 1.29 is 15.0 Å². The van der Waals surface area contributed by atoms with E-state index in [4.69, 9.17) is 5.11 Å². The number of aliphatic imine (C=N–C) groups is 1. The highest BCUT2D eigenvalue weighted by molar-refractivity contribution is 5.83. The number of benzene rings is 3. The molecule has 0 aliphatic heterocycles. The Labute approximate surface area is 209 Å². The number of nitrogens with zero attached hydrogens (tertiary/aromatic N) is 2. The number of aryl methyl sites for hydroxylation is 4. The van der Waals surface area contributed by atoms with E-state index in [1.807, 2.05) is 30.3 Å². The van der Waals surface area contributed by atoms with Crippen LogP contribution in [0.4, 0.5) is 5.69 Å². The second kappa shape index (κ2) is 11.4. The number of nitrogens with one attached hydrogen (secondary N) is 1. The van der Waals surface area contributed by atoms with Gasteiger partial charge in [-0.3, -0.25) is 24.4 Å². The molecule has 3 N–H and O–H groups in total. The molecule has 0 aliphatic carbocycles. The topological polar surface area (TPSA) is 108 Å². The maximum Gasteiger partial charge on any atom is 0.303 e.